The van der Waals surface area contributed by atoms with Gasteiger partial charge in [0.25, 0.3) is 0 Å². The van der Waals surface area contributed by atoms with Crippen LogP contribution in [0.1, 0.15) is 25.7 Å². The van der Waals surface area contributed by atoms with E-state index in [1.807, 2.05) is 0 Å². The van der Waals surface area contributed by atoms with Gasteiger partial charge in [0, 0.05) is 12.2 Å². The van der Waals surface area contributed by atoms with Crippen molar-refractivity contribution >= 4 is 34.4 Å². The molecule has 174 valence electrons. The molecule has 2 unspecified atom stereocenters. The van der Waals surface area contributed by atoms with Crippen LogP contribution in [0.4, 0.5) is 10.2 Å². The highest BCUT2D eigenvalue weighted by Gasteiger charge is 2.47. The number of aromatic nitrogens is 5. The van der Waals surface area contributed by atoms with Gasteiger partial charge in [0.15, 0.2) is 28.9 Å². The van der Waals surface area contributed by atoms with E-state index < -0.39 is 23.7 Å². The predicted molar refractivity (Wildman–Crippen MR) is 122 cm³/mol. The first kappa shape index (κ1) is 21.0. The molecule has 11 heteroatoms. The Kier molecular flexibility index (Phi) is 4.98. The fourth-order valence-corrected chi connectivity index (χ4v) is 5.60. The minimum atomic E-state index is -0.867. The van der Waals surface area contributed by atoms with Crippen LogP contribution in [-0.4, -0.2) is 42.3 Å². The van der Waals surface area contributed by atoms with E-state index in [1.165, 1.54) is 12.5 Å². The largest absolute Gasteiger partial charge is 0.481 e. The Bertz CT molecular complexity index is 1380. The topological polar surface area (TPSA) is 130 Å². The quantitative estimate of drug-likeness (QED) is 0.371. The number of halogens is 2. The van der Waals surface area contributed by atoms with Gasteiger partial charge in [-0.25, -0.2) is 19.3 Å². The van der Waals surface area contributed by atoms with Crippen molar-refractivity contribution in [1.82, 2.24) is 25.1 Å². The van der Waals surface area contributed by atoms with Crippen molar-refractivity contribution in [1.29, 1.82) is 0 Å². The summed E-state index contributed by atoms with van der Waals surface area (Å²) in [5.74, 6) is -1.66. The smallest absolute Gasteiger partial charge is 0.308 e. The van der Waals surface area contributed by atoms with E-state index in [0.29, 0.717) is 21.7 Å². The molecule has 3 aliphatic carbocycles. The lowest BCUT2D eigenvalue weighted by atomic mass is 9.61. The van der Waals surface area contributed by atoms with E-state index in [4.69, 9.17) is 16.0 Å². The van der Waals surface area contributed by atoms with Crippen molar-refractivity contribution in [3.8, 4) is 23.0 Å². The number of carbonyl (C=O) groups is 1. The molecular formula is C23H20ClFN6O3. The Hall–Kier alpha value is -3.53. The van der Waals surface area contributed by atoms with E-state index in [1.54, 1.807) is 18.2 Å². The molecule has 3 saturated carbocycles. The summed E-state index contributed by atoms with van der Waals surface area (Å²) in [7, 11) is 0. The first-order valence-electron chi connectivity index (χ1n) is 11.1. The number of hydrogen-bond acceptors (Lipinski definition) is 7. The number of fused-ring (bicyclic) bond motifs is 4. The van der Waals surface area contributed by atoms with Crippen molar-refractivity contribution < 1.29 is 18.7 Å². The van der Waals surface area contributed by atoms with Crippen LogP contribution in [0.5, 0.6) is 0 Å². The van der Waals surface area contributed by atoms with E-state index in [0.717, 1.165) is 25.7 Å². The first-order chi connectivity index (χ1) is 16.5. The minimum absolute atomic E-state index is 0.0388. The predicted octanol–water partition coefficient (Wildman–Crippen LogP) is 4.77. The van der Waals surface area contributed by atoms with Crippen molar-refractivity contribution in [3.63, 3.8) is 0 Å². The maximum atomic E-state index is 15.7. The summed E-state index contributed by atoms with van der Waals surface area (Å²) in [6, 6.07) is 4.49. The van der Waals surface area contributed by atoms with Gasteiger partial charge in [-0.05, 0) is 55.7 Å². The van der Waals surface area contributed by atoms with E-state index in [9.17, 15) is 9.90 Å². The summed E-state index contributed by atoms with van der Waals surface area (Å²) in [4.78, 5) is 25.2. The second-order valence-corrected chi connectivity index (χ2v) is 9.30. The van der Waals surface area contributed by atoms with Gasteiger partial charge in [-0.15, -0.1) is 0 Å². The zero-order valence-electron chi connectivity index (χ0n) is 17.8. The monoisotopic (exact) mass is 482 g/mol. The molecule has 34 heavy (non-hydrogen) atoms. The number of pyridine rings is 1. The molecule has 4 aromatic heterocycles. The number of aliphatic carboxylic acids is 1. The number of anilines is 1. The van der Waals surface area contributed by atoms with Gasteiger partial charge in [-0.1, -0.05) is 11.6 Å². The molecule has 0 spiro atoms. The van der Waals surface area contributed by atoms with Gasteiger partial charge >= 0.3 is 5.97 Å². The SMILES string of the molecule is O=C(O)C1C2CCC(CC2)C1Nc1nc(-c2[nH]nc3ncc(Cl)cc23)nc(-c2ccco2)c1F. The van der Waals surface area contributed by atoms with Crippen LogP contribution < -0.4 is 5.32 Å². The van der Waals surface area contributed by atoms with Crippen LogP contribution in [-0.2, 0) is 4.79 Å². The third kappa shape index (κ3) is 3.40. The lowest BCUT2D eigenvalue weighted by Crippen LogP contribution is -2.51. The molecule has 2 atom stereocenters. The van der Waals surface area contributed by atoms with Crippen LogP contribution in [0, 0.1) is 23.6 Å². The number of nitrogens with one attached hydrogen (secondary N) is 2. The molecule has 3 aliphatic rings. The Morgan fingerprint density at radius 2 is 2.03 bits per heavy atom. The van der Waals surface area contributed by atoms with Crippen LogP contribution >= 0.6 is 11.6 Å². The van der Waals surface area contributed by atoms with E-state index in [2.05, 4.69) is 30.5 Å². The standard InChI is InChI=1S/C23H20ClFN6O3/c24-12-8-13-18(30-31-20(13)26-9-12)22-28-19(14-2-1-7-34-14)16(25)21(29-22)27-17-11-5-3-10(4-6-11)15(17)23(32)33/h1-2,7-11,15,17H,3-6H2,(H,32,33)(H,26,30,31)(H,27,28,29). The minimum Gasteiger partial charge on any atom is -0.481 e. The molecule has 2 bridgehead atoms. The van der Waals surface area contributed by atoms with Gasteiger partial charge in [-0.3, -0.25) is 9.89 Å². The van der Waals surface area contributed by atoms with Crippen molar-refractivity contribution in [3.05, 3.63) is 41.5 Å². The number of carboxylic acid groups (broad SMARTS) is 1. The molecule has 4 heterocycles. The fourth-order valence-electron chi connectivity index (χ4n) is 5.45. The highest BCUT2D eigenvalue weighted by molar-refractivity contribution is 6.31. The number of H-pyrrole nitrogens is 1. The van der Waals surface area contributed by atoms with Gasteiger partial charge in [0.1, 0.15) is 11.4 Å². The number of rotatable bonds is 5. The van der Waals surface area contributed by atoms with E-state index >= 15 is 4.39 Å². The number of carboxylic acids is 1. The summed E-state index contributed by atoms with van der Waals surface area (Å²) in [5, 5.41) is 21.1. The molecule has 9 nitrogen and oxygen atoms in total. The van der Waals surface area contributed by atoms with E-state index in [-0.39, 0.29) is 34.9 Å². The molecule has 4 aromatic rings. The zero-order chi connectivity index (χ0) is 23.4. The maximum absolute atomic E-state index is 15.7. The number of nitrogens with zero attached hydrogens (tertiary/aromatic N) is 4. The molecule has 0 amide bonds. The molecule has 7 rings (SSSR count). The summed E-state index contributed by atoms with van der Waals surface area (Å²) in [6.07, 6.45) is 6.48. The van der Waals surface area contributed by atoms with Gasteiger partial charge in [-0.2, -0.15) is 5.10 Å². The average molecular weight is 483 g/mol. The number of aromatic amines is 1. The summed E-state index contributed by atoms with van der Waals surface area (Å²) in [6.45, 7) is 0. The van der Waals surface area contributed by atoms with Gasteiger partial charge < -0.3 is 14.8 Å². The molecule has 3 fully saturated rings. The number of hydrogen-bond donors (Lipinski definition) is 3. The van der Waals surface area contributed by atoms with Crippen LogP contribution in [0.25, 0.3) is 34.0 Å². The lowest BCUT2D eigenvalue weighted by molar-refractivity contribution is -0.148. The highest BCUT2D eigenvalue weighted by atomic mass is 35.5. The Balaban J connectivity index is 1.49. The zero-order valence-corrected chi connectivity index (χ0v) is 18.6. The Morgan fingerprint density at radius 3 is 2.76 bits per heavy atom. The van der Waals surface area contributed by atoms with Crippen LogP contribution in [0.2, 0.25) is 5.02 Å². The third-order valence-electron chi connectivity index (χ3n) is 7.01. The summed E-state index contributed by atoms with van der Waals surface area (Å²) >= 11 is 6.13. The second kappa shape index (κ2) is 8.05. The molecule has 0 aliphatic heterocycles. The molecule has 0 saturated heterocycles. The van der Waals surface area contributed by atoms with Crippen molar-refractivity contribution in [2.45, 2.75) is 31.7 Å². The third-order valence-corrected chi connectivity index (χ3v) is 7.22. The maximum Gasteiger partial charge on any atom is 0.308 e. The molecule has 0 aromatic carbocycles. The fraction of sp³-hybridized carbons (Fsp3) is 0.348. The molecular weight excluding hydrogens is 463 g/mol. The first-order valence-corrected chi connectivity index (χ1v) is 11.5. The average Bonchev–Trinajstić information content (AvgIpc) is 3.51. The normalized spacial score (nSPS) is 23.9. The van der Waals surface area contributed by atoms with Crippen molar-refractivity contribution in [2.75, 3.05) is 5.32 Å². The van der Waals surface area contributed by atoms with Crippen LogP contribution in [0.15, 0.2) is 35.1 Å². The van der Waals surface area contributed by atoms with Gasteiger partial charge in [0.2, 0.25) is 0 Å². The second-order valence-electron chi connectivity index (χ2n) is 8.87. The summed E-state index contributed by atoms with van der Waals surface area (Å²) < 4.78 is 21.1. The Labute approximate surface area is 197 Å². The number of furan rings is 1. The lowest BCUT2D eigenvalue weighted by Gasteiger charge is -2.47. The molecule has 0 radical (unpaired) electrons. The highest BCUT2D eigenvalue weighted by Crippen LogP contribution is 2.46. The Morgan fingerprint density at radius 1 is 1.24 bits per heavy atom. The van der Waals surface area contributed by atoms with Gasteiger partial charge in [0.05, 0.1) is 22.6 Å². The molecule has 3 N–H and O–H groups in total. The van der Waals surface area contributed by atoms with Crippen molar-refractivity contribution in [2.24, 2.45) is 17.8 Å². The summed E-state index contributed by atoms with van der Waals surface area (Å²) in [5.41, 5.74) is 0.792. The van der Waals surface area contributed by atoms with Crippen LogP contribution in [0.3, 0.4) is 0 Å².